The Hall–Kier alpha value is -0.940. The van der Waals surface area contributed by atoms with Crippen molar-refractivity contribution in [3.8, 4) is 0 Å². The van der Waals surface area contributed by atoms with Crippen LogP contribution in [0.25, 0.3) is 0 Å². The van der Waals surface area contributed by atoms with Crippen LogP contribution in [0.2, 0.25) is 0 Å². The van der Waals surface area contributed by atoms with Crippen LogP contribution in [-0.4, -0.2) is 46.8 Å². The summed E-state index contributed by atoms with van der Waals surface area (Å²) in [7, 11) is 0. The SMILES string of the molecule is C=C1C(=CC=C2CCC[C@]3(C)[C@@H]([C@@H](C)OCCCCCCO)CC[C@@H]23)C[C@@H](O)C[C@@H]1O. The second kappa shape index (κ2) is 11.3. The minimum atomic E-state index is -0.623. The zero-order valence-corrected chi connectivity index (χ0v) is 19.7. The van der Waals surface area contributed by atoms with E-state index < -0.39 is 12.2 Å². The fraction of sp³-hybridized carbons (Fsp3) is 0.778. The maximum Gasteiger partial charge on any atom is 0.0811 e. The predicted molar refractivity (Wildman–Crippen MR) is 126 cm³/mol. The van der Waals surface area contributed by atoms with Crippen molar-refractivity contribution in [3.63, 3.8) is 0 Å². The first kappa shape index (κ1) is 24.7. The van der Waals surface area contributed by atoms with Gasteiger partial charge in [0.25, 0.3) is 0 Å². The molecule has 0 bridgehead atoms. The van der Waals surface area contributed by atoms with Crippen LogP contribution in [0, 0.1) is 17.3 Å². The summed E-state index contributed by atoms with van der Waals surface area (Å²) in [6, 6.07) is 0. The third kappa shape index (κ3) is 5.90. The zero-order valence-electron chi connectivity index (χ0n) is 19.7. The molecule has 3 aliphatic carbocycles. The Kier molecular flexibility index (Phi) is 8.98. The molecule has 3 saturated carbocycles. The molecular formula is C27H44O4. The fourth-order valence-corrected chi connectivity index (χ4v) is 6.47. The number of aliphatic hydroxyl groups excluding tert-OH is 3. The van der Waals surface area contributed by atoms with Crippen LogP contribution in [-0.2, 0) is 4.74 Å². The Balaban J connectivity index is 1.62. The monoisotopic (exact) mass is 432 g/mol. The van der Waals surface area contributed by atoms with E-state index >= 15 is 0 Å². The van der Waals surface area contributed by atoms with Crippen molar-refractivity contribution in [1.29, 1.82) is 0 Å². The lowest BCUT2D eigenvalue weighted by Crippen LogP contribution is -2.38. The summed E-state index contributed by atoms with van der Waals surface area (Å²) < 4.78 is 6.29. The van der Waals surface area contributed by atoms with Gasteiger partial charge in [-0.2, -0.15) is 0 Å². The van der Waals surface area contributed by atoms with Crippen molar-refractivity contribution in [2.45, 2.75) is 103 Å². The number of hydrogen-bond donors (Lipinski definition) is 3. The number of rotatable bonds is 9. The van der Waals surface area contributed by atoms with Crippen LogP contribution in [0.4, 0.5) is 0 Å². The molecule has 3 N–H and O–H groups in total. The molecule has 4 heteroatoms. The van der Waals surface area contributed by atoms with Crippen molar-refractivity contribution < 1.29 is 20.1 Å². The lowest BCUT2D eigenvalue weighted by atomic mass is 9.62. The molecule has 3 aliphatic rings. The average Bonchev–Trinajstić information content (AvgIpc) is 3.09. The Bertz CT molecular complexity index is 666. The molecule has 6 atom stereocenters. The molecule has 0 saturated heterocycles. The number of ether oxygens (including phenoxy) is 1. The van der Waals surface area contributed by atoms with E-state index in [0.29, 0.717) is 36.7 Å². The first-order valence-electron chi connectivity index (χ1n) is 12.5. The van der Waals surface area contributed by atoms with Gasteiger partial charge in [0.15, 0.2) is 0 Å². The van der Waals surface area contributed by atoms with Crippen molar-refractivity contribution in [2.75, 3.05) is 13.2 Å². The van der Waals surface area contributed by atoms with Gasteiger partial charge in [0.1, 0.15) is 0 Å². The molecule has 4 nitrogen and oxygen atoms in total. The number of fused-ring (bicyclic) bond motifs is 1. The molecule has 0 amide bonds. The topological polar surface area (TPSA) is 69.9 Å². The summed E-state index contributed by atoms with van der Waals surface area (Å²) in [6.45, 7) is 9.91. The van der Waals surface area contributed by atoms with Gasteiger partial charge in [0.05, 0.1) is 18.3 Å². The highest BCUT2D eigenvalue weighted by Gasteiger charge is 2.51. The fourth-order valence-electron chi connectivity index (χ4n) is 6.47. The van der Waals surface area contributed by atoms with E-state index in [-0.39, 0.29) is 6.10 Å². The molecule has 0 unspecified atom stereocenters. The lowest BCUT2D eigenvalue weighted by Gasteiger charge is -2.44. The minimum Gasteiger partial charge on any atom is -0.396 e. The molecule has 3 rings (SSSR count). The summed E-state index contributed by atoms with van der Waals surface area (Å²) in [6.07, 6.45) is 14.9. The number of aliphatic hydroxyl groups is 3. The van der Waals surface area contributed by atoms with E-state index in [1.807, 2.05) is 0 Å². The summed E-state index contributed by atoms with van der Waals surface area (Å²) in [5.74, 6) is 1.20. The third-order valence-corrected chi connectivity index (χ3v) is 8.30. The van der Waals surface area contributed by atoms with Gasteiger partial charge in [-0.3, -0.25) is 0 Å². The third-order valence-electron chi connectivity index (χ3n) is 8.30. The van der Waals surface area contributed by atoms with Gasteiger partial charge in [-0.1, -0.05) is 44.1 Å². The van der Waals surface area contributed by atoms with Crippen molar-refractivity contribution in [2.24, 2.45) is 17.3 Å². The molecule has 0 spiro atoms. The molecule has 0 aromatic carbocycles. The van der Waals surface area contributed by atoms with Crippen LogP contribution in [0.1, 0.15) is 84.5 Å². The molecule has 0 aliphatic heterocycles. The Morgan fingerprint density at radius 2 is 1.94 bits per heavy atom. The number of allylic oxidation sites excluding steroid dienone is 3. The first-order chi connectivity index (χ1) is 14.9. The van der Waals surface area contributed by atoms with E-state index in [2.05, 4.69) is 32.6 Å². The van der Waals surface area contributed by atoms with Crippen molar-refractivity contribution in [1.82, 2.24) is 0 Å². The van der Waals surface area contributed by atoms with Gasteiger partial charge in [0.2, 0.25) is 0 Å². The highest BCUT2D eigenvalue weighted by Crippen LogP contribution is 2.58. The van der Waals surface area contributed by atoms with Crippen molar-refractivity contribution in [3.05, 3.63) is 35.5 Å². The highest BCUT2D eigenvalue weighted by molar-refractivity contribution is 5.38. The molecule has 0 heterocycles. The molecule has 176 valence electrons. The first-order valence-corrected chi connectivity index (χ1v) is 12.5. The lowest BCUT2D eigenvalue weighted by molar-refractivity contribution is -0.0261. The summed E-state index contributed by atoms with van der Waals surface area (Å²) >= 11 is 0. The molecule has 0 radical (unpaired) electrons. The van der Waals surface area contributed by atoms with Gasteiger partial charge < -0.3 is 20.1 Å². The minimum absolute atomic E-state index is 0.286. The maximum absolute atomic E-state index is 10.1. The van der Waals surface area contributed by atoms with Crippen LogP contribution < -0.4 is 0 Å². The quantitative estimate of drug-likeness (QED) is 0.444. The molecule has 0 aromatic rings. The highest BCUT2D eigenvalue weighted by atomic mass is 16.5. The Labute approximate surface area is 189 Å². The molecule has 0 aromatic heterocycles. The van der Waals surface area contributed by atoms with E-state index in [1.54, 1.807) is 0 Å². The normalized spacial score (nSPS) is 37.4. The summed E-state index contributed by atoms with van der Waals surface area (Å²) in [4.78, 5) is 0. The van der Waals surface area contributed by atoms with Gasteiger partial charge >= 0.3 is 0 Å². The van der Waals surface area contributed by atoms with E-state index in [1.165, 1.54) is 31.3 Å². The average molecular weight is 433 g/mol. The second-order valence-corrected chi connectivity index (χ2v) is 10.4. The van der Waals surface area contributed by atoms with E-state index in [4.69, 9.17) is 9.84 Å². The Morgan fingerprint density at radius 3 is 2.71 bits per heavy atom. The Morgan fingerprint density at radius 1 is 1.16 bits per heavy atom. The maximum atomic E-state index is 10.1. The molecule has 3 fully saturated rings. The standard InChI is InChI=1S/C27H44O4/c1-19-22(17-23(29)18-26(19)30)11-10-21-9-8-14-27(3)24(12-13-25(21)27)20(2)31-16-7-5-4-6-15-28/h10-11,20,23-26,28-30H,1,4-9,12-18H2,2-3H3/t20-,23-,24-,25+,26+,27-/m1/s1. The van der Waals surface area contributed by atoms with Gasteiger partial charge in [-0.25, -0.2) is 0 Å². The van der Waals surface area contributed by atoms with Crippen molar-refractivity contribution >= 4 is 0 Å². The van der Waals surface area contributed by atoms with Crippen LogP contribution in [0.15, 0.2) is 35.5 Å². The summed E-state index contributed by atoms with van der Waals surface area (Å²) in [5, 5.41) is 29.1. The number of unbranched alkanes of at least 4 members (excludes halogenated alkanes) is 3. The summed E-state index contributed by atoms with van der Waals surface area (Å²) in [5.41, 5.74) is 3.59. The van der Waals surface area contributed by atoms with Crippen LogP contribution >= 0.6 is 0 Å². The number of hydrogen-bond acceptors (Lipinski definition) is 4. The van der Waals surface area contributed by atoms with E-state index in [9.17, 15) is 10.2 Å². The van der Waals surface area contributed by atoms with Crippen LogP contribution in [0.3, 0.4) is 0 Å². The van der Waals surface area contributed by atoms with Gasteiger partial charge in [0, 0.05) is 19.6 Å². The smallest absolute Gasteiger partial charge is 0.0811 e. The largest absolute Gasteiger partial charge is 0.396 e. The van der Waals surface area contributed by atoms with Gasteiger partial charge in [-0.15, -0.1) is 0 Å². The van der Waals surface area contributed by atoms with Gasteiger partial charge in [-0.05, 0) is 86.7 Å². The molecule has 31 heavy (non-hydrogen) atoms. The van der Waals surface area contributed by atoms with E-state index in [0.717, 1.165) is 49.9 Å². The predicted octanol–water partition coefficient (Wildman–Crippen LogP) is 5.09. The van der Waals surface area contributed by atoms with Crippen LogP contribution in [0.5, 0.6) is 0 Å². The zero-order chi connectivity index (χ0) is 22.4. The molecular weight excluding hydrogens is 388 g/mol. The second-order valence-electron chi connectivity index (χ2n) is 10.4.